The zero-order valence-corrected chi connectivity index (χ0v) is 12.3. The maximum absolute atomic E-state index is 6.00. The Kier molecular flexibility index (Phi) is 3.17. The zero-order chi connectivity index (χ0) is 14.2. The molecule has 0 unspecified atom stereocenters. The third-order valence-electron chi connectivity index (χ3n) is 4.09. The van der Waals surface area contributed by atoms with E-state index in [0.717, 1.165) is 35.8 Å². The fourth-order valence-corrected chi connectivity index (χ4v) is 3.22. The lowest BCUT2D eigenvalue weighted by atomic mass is 10.1. The molecule has 0 aliphatic heterocycles. The molecule has 2 heterocycles. The molecule has 0 saturated heterocycles. The van der Waals surface area contributed by atoms with E-state index in [9.17, 15) is 0 Å². The molecular weight excluding hydrogens is 282 g/mol. The number of fused-ring (bicyclic) bond motifs is 2. The normalized spacial score (nSPS) is 14.7. The lowest BCUT2D eigenvalue weighted by molar-refractivity contribution is 0.529. The molecule has 1 aromatic carbocycles. The molecule has 1 aliphatic carbocycles. The van der Waals surface area contributed by atoms with Crippen molar-refractivity contribution in [3.05, 3.63) is 70.6 Å². The van der Waals surface area contributed by atoms with Crippen molar-refractivity contribution in [3.8, 4) is 0 Å². The first-order chi connectivity index (χ1) is 10.3. The Bertz CT molecular complexity index is 769. The lowest BCUT2D eigenvalue weighted by Crippen LogP contribution is -2.29. The topological polar surface area (TPSA) is 29.3 Å². The van der Waals surface area contributed by atoms with Gasteiger partial charge >= 0.3 is 0 Å². The maximum atomic E-state index is 6.00. The van der Waals surface area contributed by atoms with Crippen LogP contribution in [-0.2, 0) is 19.4 Å². The Labute approximate surface area is 128 Å². The standard InChI is InChI=1S/C17H16ClN3/c18-14-5-6-17-20-16(11-21(17)10-14)9-19-15-7-12-3-1-2-4-13(12)8-15/h1-6,10-11,15,19H,7-9H2. The van der Waals surface area contributed by atoms with Gasteiger partial charge in [-0.3, -0.25) is 0 Å². The quantitative estimate of drug-likeness (QED) is 0.804. The predicted molar refractivity (Wildman–Crippen MR) is 84.7 cm³/mol. The first-order valence-electron chi connectivity index (χ1n) is 7.21. The summed E-state index contributed by atoms with van der Waals surface area (Å²) in [6, 6.07) is 13.0. The average Bonchev–Trinajstić information content (AvgIpc) is 3.07. The molecule has 0 radical (unpaired) electrons. The molecule has 0 saturated carbocycles. The molecule has 2 aromatic heterocycles. The van der Waals surface area contributed by atoms with Crippen LogP contribution in [0.15, 0.2) is 48.8 Å². The largest absolute Gasteiger partial charge is 0.308 e. The first kappa shape index (κ1) is 12.9. The van der Waals surface area contributed by atoms with Gasteiger partial charge in [0.25, 0.3) is 0 Å². The Balaban J connectivity index is 1.45. The van der Waals surface area contributed by atoms with Crippen LogP contribution in [0.2, 0.25) is 5.02 Å². The van der Waals surface area contributed by atoms with E-state index in [1.54, 1.807) is 0 Å². The summed E-state index contributed by atoms with van der Waals surface area (Å²) in [5.74, 6) is 0. The number of pyridine rings is 1. The van der Waals surface area contributed by atoms with Crippen LogP contribution in [0, 0.1) is 0 Å². The smallest absolute Gasteiger partial charge is 0.137 e. The molecule has 0 spiro atoms. The van der Waals surface area contributed by atoms with E-state index in [-0.39, 0.29) is 0 Å². The molecule has 3 aromatic rings. The van der Waals surface area contributed by atoms with Gasteiger partial charge in [0, 0.05) is 25.0 Å². The molecule has 106 valence electrons. The number of nitrogens with one attached hydrogen (secondary N) is 1. The van der Waals surface area contributed by atoms with Gasteiger partial charge in [-0.1, -0.05) is 35.9 Å². The summed E-state index contributed by atoms with van der Waals surface area (Å²) < 4.78 is 1.97. The monoisotopic (exact) mass is 297 g/mol. The molecule has 4 heteroatoms. The van der Waals surface area contributed by atoms with Crippen molar-refractivity contribution in [2.24, 2.45) is 0 Å². The van der Waals surface area contributed by atoms with Crippen LogP contribution in [0.4, 0.5) is 0 Å². The van der Waals surface area contributed by atoms with Crippen LogP contribution in [0.5, 0.6) is 0 Å². The highest BCUT2D eigenvalue weighted by Gasteiger charge is 2.20. The summed E-state index contributed by atoms with van der Waals surface area (Å²) in [4.78, 5) is 4.61. The van der Waals surface area contributed by atoms with Gasteiger partial charge < -0.3 is 9.72 Å². The van der Waals surface area contributed by atoms with E-state index in [2.05, 4.69) is 34.6 Å². The minimum absolute atomic E-state index is 0.510. The summed E-state index contributed by atoms with van der Waals surface area (Å²) in [5, 5.41) is 4.34. The van der Waals surface area contributed by atoms with Crippen LogP contribution in [0.25, 0.3) is 5.65 Å². The van der Waals surface area contributed by atoms with Crippen molar-refractivity contribution < 1.29 is 0 Å². The number of hydrogen-bond acceptors (Lipinski definition) is 2. The summed E-state index contributed by atoms with van der Waals surface area (Å²) in [5.41, 5.74) is 4.92. The second kappa shape index (κ2) is 5.17. The number of hydrogen-bond donors (Lipinski definition) is 1. The van der Waals surface area contributed by atoms with Crippen LogP contribution in [0.1, 0.15) is 16.8 Å². The molecule has 1 aliphatic rings. The first-order valence-corrected chi connectivity index (χ1v) is 7.59. The van der Waals surface area contributed by atoms with Crippen molar-refractivity contribution in [3.63, 3.8) is 0 Å². The summed E-state index contributed by atoms with van der Waals surface area (Å²) in [6.45, 7) is 0.790. The second-order valence-corrected chi connectivity index (χ2v) is 6.04. The van der Waals surface area contributed by atoms with Crippen molar-refractivity contribution in [2.45, 2.75) is 25.4 Å². The SMILES string of the molecule is Clc1ccc2nc(CNC3Cc4ccccc4C3)cn2c1. The Morgan fingerprint density at radius 3 is 2.62 bits per heavy atom. The molecule has 1 N–H and O–H groups in total. The van der Waals surface area contributed by atoms with Gasteiger partial charge in [0.05, 0.1) is 10.7 Å². The molecule has 0 bridgehead atoms. The molecule has 21 heavy (non-hydrogen) atoms. The summed E-state index contributed by atoms with van der Waals surface area (Å²) in [6.07, 6.45) is 6.14. The third-order valence-corrected chi connectivity index (χ3v) is 4.31. The van der Waals surface area contributed by atoms with Crippen molar-refractivity contribution in [2.75, 3.05) is 0 Å². The van der Waals surface area contributed by atoms with Crippen molar-refractivity contribution in [1.82, 2.24) is 14.7 Å². The number of halogens is 1. The summed E-state index contributed by atoms with van der Waals surface area (Å²) >= 11 is 6.00. The van der Waals surface area contributed by atoms with Gasteiger partial charge in [-0.05, 0) is 36.1 Å². The number of nitrogens with zero attached hydrogens (tertiary/aromatic N) is 2. The number of rotatable bonds is 3. The van der Waals surface area contributed by atoms with E-state index in [1.165, 1.54) is 11.1 Å². The van der Waals surface area contributed by atoms with E-state index in [0.29, 0.717) is 6.04 Å². The van der Waals surface area contributed by atoms with Crippen LogP contribution >= 0.6 is 11.6 Å². The van der Waals surface area contributed by atoms with E-state index >= 15 is 0 Å². The van der Waals surface area contributed by atoms with Gasteiger partial charge in [-0.15, -0.1) is 0 Å². The number of aromatic nitrogens is 2. The lowest BCUT2D eigenvalue weighted by Gasteiger charge is -2.09. The fourth-order valence-electron chi connectivity index (χ4n) is 3.05. The minimum atomic E-state index is 0.510. The van der Waals surface area contributed by atoms with Crippen molar-refractivity contribution in [1.29, 1.82) is 0 Å². The van der Waals surface area contributed by atoms with Crippen LogP contribution in [-0.4, -0.2) is 15.4 Å². The maximum Gasteiger partial charge on any atom is 0.137 e. The van der Waals surface area contributed by atoms with E-state index in [1.807, 2.05) is 28.9 Å². The van der Waals surface area contributed by atoms with Gasteiger partial charge in [-0.25, -0.2) is 4.98 Å². The zero-order valence-electron chi connectivity index (χ0n) is 11.6. The van der Waals surface area contributed by atoms with Gasteiger partial charge in [-0.2, -0.15) is 0 Å². The highest BCUT2D eigenvalue weighted by atomic mass is 35.5. The molecule has 0 atom stereocenters. The van der Waals surface area contributed by atoms with E-state index < -0.39 is 0 Å². The molecule has 3 nitrogen and oxygen atoms in total. The highest BCUT2D eigenvalue weighted by molar-refractivity contribution is 6.30. The predicted octanol–water partition coefficient (Wildman–Crippen LogP) is 3.24. The third kappa shape index (κ3) is 2.55. The van der Waals surface area contributed by atoms with E-state index in [4.69, 9.17) is 11.6 Å². The summed E-state index contributed by atoms with van der Waals surface area (Å²) in [7, 11) is 0. The van der Waals surface area contributed by atoms with Crippen molar-refractivity contribution >= 4 is 17.2 Å². The Morgan fingerprint density at radius 2 is 1.86 bits per heavy atom. The highest BCUT2D eigenvalue weighted by Crippen LogP contribution is 2.22. The number of benzene rings is 1. The fraction of sp³-hybridized carbons (Fsp3) is 0.235. The van der Waals surface area contributed by atoms with Gasteiger partial charge in [0.1, 0.15) is 5.65 Å². The average molecular weight is 298 g/mol. The number of imidazole rings is 1. The molecule has 4 rings (SSSR count). The minimum Gasteiger partial charge on any atom is -0.308 e. The van der Waals surface area contributed by atoms with Crippen LogP contribution in [0.3, 0.4) is 0 Å². The Hall–Kier alpha value is -1.84. The molecular formula is C17H16ClN3. The van der Waals surface area contributed by atoms with Gasteiger partial charge in [0.2, 0.25) is 0 Å². The van der Waals surface area contributed by atoms with Gasteiger partial charge in [0.15, 0.2) is 0 Å². The molecule has 0 fully saturated rings. The molecule has 0 amide bonds. The van der Waals surface area contributed by atoms with Crippen LogP contribution < -0.4 is 5.32 Å². The Morgan fingerprint density at radius 1 is 1.10 bits per heavy atom. The second-order valence-electron chi connectivity index (χ2n) is 5.60.